The van der Waals surface area contributed by atoms with E-state index >= 15 is 0 Å². The Bertz CT molecular complexity index is 1170. The van der Waals surface area contributed by atoms with Gasteiger partial charge in [0.15, 0.2) is 0 Å². The number of rotatable bonds is 15. The normalized spacial score (nSPS) is 12.3. The SMILES string of the molecule is CCN(CC)c1nc2cc(OCCN(C(C)C)C(C)C)ccc2c2ccc(OCCN(C(C)C)C(C)C)cc12. The van der Waals surface area contributed by atoms with Crippen molar-refractivity contribution in [1.29, 1.82) is 0 Å². The molecule has 0 fully saturated rings. The summed E-state index contributed by atoms with van der Waals surface area (Å²) in [6.45, 7) is 27.2. The van der Waals surface area contributed by atoms with Crippen molar-refractivity contribution in [2.45, 2.75) is 93.4 Å². The van der Waals surface area contributed by atoms with E-state index in [4.69, 9.17) is 14.5 Å². The van der Waals surface area contributed by atoms with E-state index in [-0.39, 0.29) is 0 Å². The molecule has 6 heteroatoms. The molecule has 3 aromatic rings. The largest absolute Gasteiger partial charge is 0.492 e. The van der Waals surface area contributed by atoms with Crippen molar-refractivity contribution in [1.82, 2.24) is 14.8 Å². The van der Waals surface area contributed by atoms with Crippen LogP contribution in [0.4, 0.5) is 5.82 Å². The fourth-order valence-electron chi connectivity index (χ4n) is 5.66. The summed E-state index contributed by atoms with van der Waals surface area (Å²) in [6.07, 6.45) is 0. The first kappa shape index (κ1) is 31.0. The van der Waals surface area contributed by atoms with E-state index in [0.717, 1.165) is 59.8 Å². The molecule has 39 heavy (non-hydrogen) atoms. The van der Waals surface area contributed by atoms with Gasteiger partial charge in [-0.15, -0.1) is 0 Å². The zero-order valence-electron chi connectivity index (χ0n) is 26.1. The highest BCUT2D eigenvalue weighted by Gasteiger charge is 2.17. The first-order valence-corrected chi connectivity index (χ1v) is 15.0. The van der Waals surface area contributed by atoms with Gasteiger partial charge in [0.05, 0.1) is 5.52 Å². The molecule has 0 unspecified atom stereocenters. The van der Waals surface area contributed by atoms with E-state index in [2.05, 4.69) is 120 Å². The fraction of sp³-hybridized carbons (Fsp3) is 0.606. The Labute approximate surface area is 237 Å². The van der Waals surface area contributed by atoms with Crippen molar-refractivity contribution in [3.8, 4) is 11.5 Å². The second-order valence-corrected chi connectivity index (χ2v) is 11.5. The number of hydrogen-bond donors (Lipinski definition) is 0. The summed E-state index contributed by atoms with van der Waals surface area (Å²) in [5, 5.41) is 3.46. The molecule has 0 bridgehead atoms. The number of fused-ring (bicyclic) bond motifs is 3. The lowest BCUT2D eigenvalue weighted by atomic mass is 10.0. The lowest BCUT2D eigenvalue weighted by Gasteiger charge is -2.30. The van der Waals surface area contributed by atoms with Crippen molar-refractivity contribution in [2.75, 3.05) is 44.3 Å². The second-order valence-electron chi connectivity index (χ2n) is 11.5. The Morgan fingerprint density at radius 1 is 0.615 bits per heavy atom. The van der Waals surface area contributed by atoms with Gasteiger partial charge < -0.3 is 14.4 Å². The molecule has 0 N–H and O–H groups in total. The van der Waals surface area contributed by atoms with E-state index < -0.39 is 0 Å². The molecule has 216 valence electrons. The van der Waals surface area contributed by atoms with E-state index in [0.29, 0.717) is 37.4 Å². The van der Waals surface area contributed by atoms with Gasteiger partial charge in [0.2, 0.25) is 0 Å². The third kappa shape index (κ3) is 7.76. The predicted octanol–water partition coefficient (Wildman–Crippen LogP) is 7.23. The number of pyridine rings is 1. The van der Waals surface area contributed by atoms with Crippen LogP contribution in [0, 0.1) is 0 Å². The average Bonchev–Trinajstić information content (AvgIpc) is 2.88. The van der Waals surface area contributed by atoms with Crippen molar-refractivity contribution in [3.63, 3.8) is 0 Å². The van der Waals surface area contributed by atoms with Gasteiger partial charge in [-0.3, -0.25) is 9.80 Å². The number of anilines is 1. The topological polar surface area (TPSA) is 41.1 Å². The maximum atomic E-state index is 6.26. The highest BCUT2D eigenvalue weighted by molar-refractivity contribution is 6.10. The maximum absolute atomic E-state index is 6.26. The van der Waals surface area contributed by atoms with E-state index in [9.17, 15) is 0 Å². The molecule has 0 spiro atoms. The van der Waals surface area contributed by atoms with Crippen LogP contribution in [0.1, 0.15) is 69.2 Å². The molecule has 3 rings (SSSR count). The Balaban J connectivity index is 1.89. The Kier molecular flexibility index (Phi) is 11.3. The Morgan fingerprint density at radius 2 is 1.08 bits per heavy atom. The zero-order valence-corrected chi connectivity index (χ0v) is 26.1. The monoisotopic (exact) mass is 536 g/mol. The van der Waals surface area contributed by atoms with Crippen LogP contribution < -0.4 is 14.4 Å². The second kappa shape index (κ2) is 14.2. The molecule has 0 amide bonds. The lowest BCUT2D eigenvalue weighted by molar-refractivity contribution is 0.142. The van der Waals surface area contributed by atoms with Gasteiger partial charge in [-0.1, -0.05) is 0 Å². The smallest absolute Gasteiger partial charge is 0.137 e. The summed E-state index contributed by atoms with van der Waals surface area (Å²) in [6, 6.07) is 14.7. The summed E-state index contributed by atoms with van der Waals surface area (Å²) < 4.78 is 12.5. The minimum absolute atomic E-state index is 0.494. The average molecular weight is 537 g/mol. The first-order valence-electron chi connectivity index (χ1n) is 15.0. The van der Waals surface area contributed by atoms with Crippen molar-refractivity contribution in [2.24, 2.45) is 0 Å². The summed E-state index contributed by atoms with van der Waals surface area (Å²) in [5.74, 6) is 2.76. The third-order valence-corrected chi connectivity index (χ3v) is 7.67. The van der Waals surface area contributed by atoms with Gasteiger partial charge in [0, 0.05) is 67.2 Å². The molecule has 0 saturated carbocycles. The van der Waals surface area contributed by atoms with Crippen LogP contribution in [-0.4, -0.2) is 78.3 Å². The van der Waals surface area contributed by atoms with Crippen LogP contribution in [0.3, 0.4) is 0 Å². The van der Waals surface area contributed by atoms with Crippen molar-refractivity contribution >= 4 is 27.5 Å². The standard InChI is InChI=1S/C33H52N4O2/c1-11-35(12-2)33-31-21-27(38-19-17-36(23(3)4)24(5)6)13-15-29(31)30-16-14-28(22-32(30)34-33)39-20-18-37(25(7)8)26(9)10/h13-16,21-26H,11-12,17-20H2,1-10H3. The molecule has 0 aliphatic carbocycles. The highest BCUT2D eigenvalue weighted by Crippen LogP contribution is 2.35. The molecule has 6 nitrogen and oxygen atoms in total. The first-order chi connectivity index (χ1) is 18.6. The quantitative estimate of drug-likeness (QED) is 0.191. The highest BCUT2D eigenvalue weighted by atomic mass is 16.5. The van der Waals surface area contributed by atoms with Crippen LogP contribution in [0.2, 0.25) is 0 Å². The Hall–Kier alpha value is -2.57. The maximum Gasteiger partial charge on any atom is 0.137 e. The molecule has 1 heterocycles. The molecule has 0 radical (unpaired) electrons. The van der Waals surface area contributed by atoms with Gasteiger partial charge in [0.1, 0.15) is 30.5 Å². The van der Waals surface area contributed by atoms with Crippen LogP contribution in [0.5, 0.6) is 11.5 Å². The van der Waals surface area contributed by atoms with Crippen molar-refractivity contribution < 1.29 is 9.47 Å². The van der Waals surface area contributed by atoms with Gasteiger partial charge >= 0.3 is 0 Å². The molecule has 0 atom stereocenters. The summed E-state index contributed by atoms with van der Waals surface area (Å²) >= 11 is 0. The molecule has 0 saturated heterocycles. The summed E-state index contributed by atoms with van der Waals surface area (Å²) in [4.78, 5) is 12.4. The predicted molar refractivity (Wildman–Crippen MR) is 168 cm³/mol. The van der Waals surface area contributed by atoms with Gasteiger partial charge in [-0.25, -0.2) is 4.98 Å². The minimum atomic E-state index is 0.494. The lowest BCUT2D eigenvalue weighted by Crippen LogP contribution is -2.39. The minimum Gasteiger partial charge on any atom is -0.492 e. The number of nitrogens with zero attached hydrogens (tertiary/aromatic N) is 4. The Morgan fingerprint density at radius 3 is 1.54 bits per heavy atom. The molecule has 1 aromatic heterocycles. The van der Waals surface area contributed by atoms with E-state index in [1.54, 1.807) is 0 Å². The number of benzene rings is 2. The van der Waals surface area contributed by atoms with E-state index in [1.807, 2.05) is 0 Å². The molecule has 2 aromatic carbocycles. The number of aromatic nitrogens is 1. The molecular weight excluding hydrogens is 484 g/mol. The molecular formula is C33H52N4O2. The number of hydrogen-bond acceptors (Lipinski definition) is 6. The van der Waals surface area contributed by atoms with Crippen LogP contribution in [0.25, 0.3) is 21.7 Å². The van der Waals surface area contributed by atoms with E-state index in [1.165, 1.54) is 5.39 Å². The third-order valence-electron chi connectivity index (χ3n) is 7.67. The molecule has 0 aliphatic heterocycles. The number of ether oxygens (including phenoxy) is 2. The zero-order chi connectivity index (χ0) is 28.7. The van der Waals surface area contributed by atoms with Crippen LogP contribution in [-0.2, 0) is 0 Å². The summed E-state index contributed by atoms with van der Waals surface area (Å²) in [5.41, 5.74) is 0.963. The van der Waals surface area contributed by atoms with Gasteiger partial charge in [-0.05, 0) is 105 Å². The summed E-state index contributed by atoms with van der Waals surface area (Å²) in [7, 11) is 0. The fourth-order valence-corrected chi connectivity index (χ4v) is 5.66. The van der Waals surface area contributed by atoms with Gasteiger partial charge in [0.25, 0.3) is 0 Å². The van der Waals surface area contributed by atoms with Crippen LogP contribution >= 0.6 is 0 Å². The van der Waals surface area contributed by atoms with Crippen molar-refractivity contribution in [3.05, 3.63) is 36.4 Å². The van der Waals surface area contributed by atoms with Crippen LogP contribution in [0.15, 0.2) is 36.4 Å². The molecule has 0 aliphatic rings. The van der Waals surface area contributed by atoms with Gasteiger partial charge in [-0.2, -0.15) is 0 Å².